The molecular weight excluding hydrogens is 194 g/mol. The van der Waals surface area contributed by atoms with E-state index >= 15 is 0 Å². The minimum Gasteiger partial charge on any atom is -0.469 e. The molecule has 0 heterocycles. The van der Waals surface area contributed by atoms with Gasteiger partial charge >= 0.3 is 5.97 Å². The second kappa shape index (κ2) is 6.80. The summed E-state index contributed by atoms with van der Waals surface area (Å²) < 4.78 is 10.3. The first-order valence-electron chi connectivity index (χ1n) is 5.66. The first-order valence-corrected chi connectivity index (χ1v) is 5.66. The highest BCUT2D eigenvalue weighted by Crippen LogP contribution is 2.27. The maximum atomic E-state index is 10.8. The summed E-state index contributed by atoms with van der Waals surface area (Å²) in [5.74, 6) is 0.350. The van der Waals surface area contributed by atoms with Crippen molar-refractivity contribution in [3.05, 3.63) is 0 Å². The first kappa shape index (κ1) is 12.5. The van der Waals surface area contributed by atoms with E-state index in [0.29, 0.717) is 31.6 Å². The smallest absolute Gasteiger partial charge is 0.305 e. The van der Waals surface area contributed by atoms with Gasteiger partial charge in [-0.3, -0.25) is 4.79 Å². The van der Waals surface area contributed by atoms with Crippen LogP contribution in [-0.4, -0.2) is 32.3 Å². The number of esters is 1. The second-order valence-corrected chi connectivity index (χ2v) is 4.02. The van der Waals surface area contributed by atoms with Crippen LogP contribution in [0.1, 0.15) is 32.1 Å². The molecule has 0 saturated heterocycles. The van der Waals surface area contributed by atoms with E-state index in [0.717, 1.165) is 12.8 Å². The van der Waals surface area contributed by atoms with E-state index in [2.05, 4.69) is 4.74 Å². The molecule has 0 aromatic rings. The molecule has 4 nitrogen and oxygen atoms in total. The molecule has 4 heteroatoms. The Labute approximate surface area is 91.1 Å². The largest absolute Gasteiger partial charge is 0.469 e. The molecule has 1 saturated carbocycles. The number of nitrogens with two attached hydrogens (primary N) is 1. The lowest BCUT2D eigenvalue weighted by Crippen LogP contribution is -2.25. The molecule has 1 fully saturated rings. The quantitative estimate of drug-likeness (QED) is 0.532. The summed E-state index contributed by atoms with van der Waals surface area (Å²) in [7, 11) is 1.41. The maximum absolute atomic E-state index is 10.8. The molecule has 0 amide bonds. The standard InChI is InChI=1S/C11H21NO3/c1-14-11(13)6-3-7-15-10-5-2-4-9(10)8-12/h9-10H,2-8,12H2,1H3. The molecule has 0 aromatic heterocycles. The summed E-state index contributed by atoms with van der Waals surface area (Å²) in [5.41, 5.74) is 5.64. The normalized spacial score (nSPS) is 25.5. The lowest BCUT2D eigenvalue weighted by atomic mass is 10.1. The summed E-state index contributed by atoms with van der Waals surface area (Å²) >= 11 is 0. The molecule has 1 aliphatic carbocycles. The van der Waals surface area contributed by atoms with E-state index in [1.807, 2.05) is 0 Å². The van der Waals surface area contributed by atoms with Crippen LogP contribution in [0.5, 0.6) is 0 Å². The van der Waals surface area contributed by atoms with Gasteiger partial charge in [-0.15, -0.1) is 0 Å². The fourth-order valence-corrected chi connectivity index (χ4v) is 2.05. The van der Waals surface area contributed by atoms with Crippen LogP contribution in [0.4, 0.5) is 0 Å². The van der Waals surface area contributed by atoms with Crippen molar-refractivity contribution in [1.29, 1.82) is 0 Å². The highest BCUT2D eigenvalue weighted by molar-refractivity contribution is 5.68. The Balaban J connectivity index is 2.06. The molecule has 1 aliphatic rings. The van der Waals surface area contributed by atoms with Crippen LogP contribution in [0, 0.1) is 5.92 Å². The van der Waals surface area contributed by atoms with E-state index in [1.165, 1.54) is 20.0 Å². The average Bonchev–Trinajstić information content (AvgIpc) is 2.71. The summed E-state index contributed by atoms with van der Waals surface area (Å²) in [5, 5.41) is 0. The number of methoxy groups -OCH3 is 1. The fraction of sp³-hybridized carbons (Fsp3) is 0.909. The van der Waals surface area contributed by atoms with Crippen LogP contribution in [0.25, 0.3) is 0 Å². The zero-order valence-corrected chi connectivity index (χ0v) is 9.41. The highest BCUT2D eigenvalue weighted by Gasteiger charge is 2.26. The molecule has 0 radical (unpaired) electrons. The molecular formula is C11H21NO3. The minimum atomic E-state index is -0.166. The van der Waals surface area contributed by atoms with Gasteiger partial charge < -0.3 is 15.2 Å². The van der Waals surface area contributed by atoms with Crippen LogP contribution in [-0.2, 0) is 14.3 Å². The summed E-state index contributed by atoms with van der Waals surface area (Å²) in [6.45, 7) is 1.35. The van der Waals surface area contributed by atoms with Crippen LogP contribution < -0.4 is 5.73 Å². The van der Waals surface area contributed by atoms with Crippen molar-refractivity contribution < 1.29 is 14.3 Å². The fourth-order valence-electron chi connectivity index (χ4n) is 2.05. The number of hydrogen-bond donors (Lipinski definition) is 1. The molecule has 0 bridgehead atoms. The van der Waals surface area contributed by atoms with Crippen molar-refractivity contribution in [3.8, 4) is 0 Å². The molecule has 2 unspecified atom stereocenters. The van der Waals surface area contributed by atoms with Gasteiger partial charge in [0.25, 0.3) is 0 Å². The Kier molecular flexibility index (Phi) is 5.65. The van der Waals surface area contributed by atoms with Crippen molar-refractivity contribution in [1.82, 2.24) is 0 Å². The van der Waals surface area contributed by atoms with Gasteiger partial charge in [-0.1, -0.05) is 6.42 Å². The second-order valence-electron chi connectivity index (χ2n) is 4.02. The predicted octanol–water partition coefficient (Wildman–Crippen LogP) is 1.08. The van der Waals surface area contributed by atoms with Crippen LogP contribution in [0.15, 0.2) is 0 Å². The minimum absolute atomic E-state index is 0.166. The summed E-state index contributed by atoms with van der Waals surface area (Å²) in [4.78, 5) is 10.8. The third-order valence-corrected chi connectivity index (χ3v) is 2.98. The Hall–Kier alpha value is -0.610. The molecule has 0 aliphatic heterocycles. The highest BCUT2D eigenvalue weighted by atomic mass is 16.5. The van der Waals surface area contributed by atoms with Crippen molar-refractivity contribution in [3.63, 3.8) is 0 Å². The topological polar surface area (TPSA) is 61.5 Å². The molecule has 15 heavy (non-hydrogen) atoms. The van der Waals surface area contributed by atoms with Gasteiger partial charge in [-0.05, 0) is 31.7 Å². The van der Waals surface area contributed by atoms with E-state index in [-0.39, 0.29) is 5.97 Å². The van der Waals surface area contributed by atoms with Crippen molar-refractivity contribution in [2.75, 3.05) is 20.3 Å². The Bertz CT molecular complexity index is 196. The summed E-state index contributed by atoms with van der Waals surface area (Å²) in [6.07, 6.45) is 4.99. The predicted molar refractivity (Wildman–Crippen MR) is 57.4 cm³/mol. The average molecular weight is 215 g/mol. The molecule has 88 valence electrons. The van der Waals surface area contributed by atoms with Crippen LogP contribution in [0.3, 0.4) is 0 Å². The molecule has 2 N–H and O–H groups in total. The van der Waals surface area contributed by atoms with Crippen molar-refractivity contribution in [2.45, 2.75) is 38.2 Å². The van der Waals surface area contributed by atoms with E-state index in [9.17, 15) is 4.79 Å². The third-order valence-electron chi connectivity index (χ3n) is 2.98. The van der Waals surface area contributed by atoms with Crippen molar-refractivity contribution in [2.24, 2.45) is 11.7 Å². The SMILES string of the molecule is COC(=O)CCCOC1CCCC1CN. The van der Waals surface area contributed by atoms with E-state index in [4.69, 9.17) is 10.5 Å². The Morgan fingerprint density at radius 1 is 1.47 bits per heavy atom. The van der Waals surface area contributed by atoms with Crippen LogP contribution in [0.2, 0.25) is 0 Å². The number of rotatable bonds is 6. The van der Waals surface area contributed by atoms with E-state index < -0.39 is 0 Å². The van der Waals surface area contributed by atoms with Gasteiger partial charge in [-0.25, -0.2) is 0 Å². The Morgan fingerprint density at radius 2 is 2.27 bits per heavy atom. The maximum Gasteiger partial charge on any atom is 0.305 e. The van der Waals surface area contributed by atoms with Gasteiger partial charge in [-0.2, -0.15) is 0 Å². The number of carbonyl (C=O) groups excluding carboxylic acids is 1. The zero-order chi connectivity index (χ0) is 11.1. The van der Waals surface area contributed by atoms with Gasteiger partial charge in [0, 0.05) is 13.0 Å². The number of hydrogen-bond acceptors (Lipinski definition) is 4. The van der Waals surface area contributed by atoms with Gasteiger partial charge in [0.2, 0.25) is 0 Å². The van der Waals surface area contributed by atoms with Gasteiger partial charge in [0.15, 0.2) is 0 Å². The van der Waals surface area contributed by atoms with Gasteiger partial charge in [0.1, 0.15) is 0 Å². The zero-order valence-electron chi connectivity index (χ0n) is 9.41. The first-order chi connectivity index (χ1) is 7.27. The Morgan fingerprint density at radius 3 is 2.93 bits per heavy atom. The van der Waals surface area contributed by atoms with E-state index in [1.54, 1.807) is 0 Å². The lowest BCUT2D eigenvalue weighted by molar-refractivity contribution is -0.141. The molecule has 1 rings (SSSR count). The van der Waals surface area contributed by atoms with Gasteiger partial charge in [0.05, 0.1) is 13.2 Å². The lowest BCUT2D eigenvalue weighted by Gasteiger charge is -2.18. The van der Waals surface area contributed by atoms with Crippen LogP contribution >= 0.6 is 0 Å². The third kappa shape index (κ3) is 4.18. The summed E-state index contributed by atoms with van der Waals surface area (Å²) in [6, 6.07) is 0. The van der Waals surface area contributed by atoms with Crippen molar-refractivity contribution >= 4 is 5.97 Å². The molecule has 0 aromatic carbocycles. The molecule has 2 atom stereocenters. The monoisotopic (exact) mass is 215 g/mol. The number of carbonyl (C=O) groups is 1. The number of ether oxygens (including phenoxy) is 2. The molecule has 0 spiro atoms.